The van der Waals surface area contributed by atoms with E-state index in [9.17, 15) is 10.1 Å². The molecule has 0 heterocycles. The predicted molar refractivity (Wildman–Crippen MR) is 64.0 cm³/mol. The number of aliphatic hydroxyl groups is 1. The molecule has 5 nitrogen and oxygen atoms in total. The first-order valence-corrected chi connectivity index (χ1v) is 5.34. The van der Waals surface area contributed by atoms with Gasteiger partial charge in [0.15, 0.2) is 0 Å². The van der Waals surface area contributed by atoms with Gasteiger partial charge in [-0.15, -0.1) is 0 Å². The lowest BCUT2D eigenvalue weighted by molar-refractivity contribution is -0.385. The third-order valence-electron chi connectivity index (χ3n) is 2.20. The van der Waals surface area contributed by atoms with E-state index in [0.29, 0.717) is 17.2 Å². The van der Waals surface area contributed by atoms with E-state index in [-0.39, 0.29) is 18.4 Å². The summed E-state index contributed by atoms with van der Waals surface area (Å²) in [6.07, 6.45) is -0.0562. The van der Waals surface area contributed by atoms with Crippen LogP contribution in [0, 0.1) is 16.0 Å². The fourth-order valence-electron chi connectivity index (χ4n) is 1.37. The van der Waals surface area contributed by atoms with E-state index in [1.165, 1.54) is 12.1 Å². The molecule has 0 fully saturated rings. The van der Waals surface area contributed by atoms with Crippen LogP contribution in [-0.2, 0) is 0 Å². The van der Waals surface area contributed by atoms with Crippen molar-refractivity contribution in [3.63, 3.8) is 0 Å². The van der Waals surface area contributed by atoms with Crippen LogP contribution >= 0.6 is 0 Å². The lowest BCUT2D eigenvalue weighted by Gasteiger charge is -2.13. The van der Waals surface area contributed by atoms with Gasteiger partial charge in [0.25, 0.3) is 5.69 Å². The first kappa shape index (κ1) is 13.4. The number of ether oxygens (including phenoxy) is 1. The van der Waals surface area contributed by atoms with Gasteiger partial charge in [-0.3, -0.25) is 10.1 Å². The topological polar surface area (TPSA) is 72.6 Å². The summed E-state index contributed by atoms with van der Waals surface area (Å²) in [5.74, 6) is 1.11. The zero-order valence-corrected chi connectivity index (χ0v) is 10.1. The van der Waals surface area contributed by atoms with Gasteiger partial charge in [0, 0.05) is 12.0 Å². The molecule has 1 aromatic carbocycles. The molecule has 0 atom stereocenters. The minimum absolute atomic E-state index is 0.0362. The summed E-state index contributed by atoms with van der Waals surface area (Å²) in [7, 11) is 0. The Morgan fingerprint density at radius 3 is 2.59 bits per heavy atom. The molecule has 17 heavy (non-hydrogen) atoms. The predicted octanol–water partition coefficient (Wildman–Crippen LogP) is 2.32. The Bertz CT molecular complexity index is 403. The van der Waals surface area contributed by atoms with Crippen molar-refractivity contribution in [3.05, 3.63) is 39.8 Å². The highest BCUT2D eigenvalue weighted by Crippen LogP contribution is 2.27. The van der Waals surface area contributed by atoms with E-state index >= 15 is 0 Å². The summed E-state index contributed by atoms with van der Waals surface area (Å²) >= 11 is 0. The fraction of sp³-hybridized carbons (Fsp3) is 0.417. The molecule has 93 valence electrons. The number of non-ortho nitro benzene ring substituents is 1. The third kappa shape index (κ3) is 3.71. The van der Waals surface area contributed by atoms with Crippen molar-refractivity contribution in [2.75, 3.05) is 6.61 Å². The molecular formula is C12H16NO4. The van der Waals surface area contributed by atoms with Crippen molar-refractivity contribution in [1.82, 2.24) is 0 Å². The van der Waals surface area contributed by atoms with Crippen LogP contribution in [-0.4, -0.2) is 22.7 Å². The van der Waals surface area contributed by atoms with Crippen molar-refractivity contribution in [2.45, 2.75) is 26.9 Å². The quantitative estimate of drug-likeness (QED) is 0.631. The molecule has 0 aliphatic carbocycles. The maximum Gasteiger partial charge on any atom is 0.273 e. The van der Waals surface area contributed by atoms with Crippen LogP contribution in [0.1, 0.15) is 26.3 Å². The van der Waals surface area contributed by atoms with Gasteiger partial charge >= 0.3 is 0 Å². The zero-order chi connectivity index (χ0) is 13.0. The van der Waals surface area contributed by atoms with Crippen LogP contribution in [0.25, 0.3) is 0 Å². The standard InChI is InChI=1S/C12H16NO4/c1-8(2)17-12-5-10(9(3)7-14)4-11(6-12)13(15)16/h4-6,8,14H,7H2,1-3H3. The molecule has 0 unspecified atom stereocenters. The molecule has 1 N–H and O–H groups in total. The normalized spacial score (nSPS) is 10.9. The van der Waals surface area contributed by atoms with Crippen LogP contribution < -0.4 is 4.74 Å². The van der Waals surface area contributed by atoms with Gasteiger partial charge in [-0.1, -0.05) is 6.92 Å². The summed E-state index contributed by atoms with van der Waals surface area (Å²) in [5.41, 5.74) is 0.586. The highest BCUT2D eigenvalue weighted by molar-refractivity contribution is 5.47. The van der Waals surface area contributed by atoms with Gasteiger partial charge in [-0.05, 0) is 25.5 Å². The molecular weight excluding hydrogens is 222 g/mol. The molecule has 0 amide bonds. The maximum atomic E-state index is 10.8. The van der Waals surface area contributed by atoms with E-state index in [4.69, 9.17) is 9.84 Å². The van der Waals surface area contributed by atoms with Crippen LogP contribution in [0.3, 0.4) is 0 Å². The summed E-state index contributed by atoms with van der Waals surface area (Å²) in [6.45, 7) is 5.28. The summed E-state index contributed by atoms with van der Waals surface area (Å²) in [5, 5.41) is 19.8. The number of hydrogen-bond acceptors (Lipinski definition) is 4. The van der Waals surface area contributed by atoms with E-state index in [0.717, 1.165) is 0 Å². The van der Waals surface area contributed by atoms with E-state index in [2.05, 4.69) is 0 Å². The monoisotopic (exact) mass is 238 g/mol. The summed E-state index contributed by atoms with van der Waals surface area (Å²) in [6, 6.07) is 4.51. The van der Waals surface area contributed by atoms with E-state index < -0.39 is 4.92 Å². The Balaban J connectivity index is 3.13. The van der Waals surface area contributed by atoms with Gasteiger partial charge in [-0.2, -0.15) is 0 Å². The Morgan fingerprint density at radius 2 is 2.12 bits per heavy atom. The second kappa shape index (κ2) is 5.63. The Hall–Kier alpha value is -1.62. The minimum atomic E-state index is -0.471. The molecule has 1 rings (SSSR count). The molecule has 0 spiro atoms. The average Bonchev–Trinajstić information content (AvgIpc) is 2.26. The van der Waals surface area contributed by atoms with Crippen molar-refractivity contribution in [1.29, 1.82) is 0 Å². The number of benzene rings is 1. The largest absolute Gasteiger partial charge is 0.491 e. The smallest absolute Gasteiger partial charge is 0.273 e. The number of nitrogens with zero attached hydrogens (tertiary/aromatic N) is 1. The highest BCUT2D eigenvalue weighted by atomic mass is 16.6. The molecule has 1 radical (unpaired) electrons. The first-order chi connectivity index (χ1) is 7.93. The number of aliphatic hydroxyl groups excluding tert-OH is 1. The van der Waals surface area contributed by atoms with Gasteiger partial charge in [0.1, 0.15) is 5.75 Å². The number of nitro groups is 1. The van der Waals surface area contributed by atoms with Crippen molar-refractivity contribution < 1.29 is 14.8 Å². The van der Waals surface area contributed by atoms with Crippen LogP contribution in [0.4, 0.5) is 5.69 Å². The second-order valence-electron chi connectivity index (χ2n) is 4.08. The van der Waals surface area contributed by atoms with Crippen LogP contribution in [0.2, 0.25) is 0 Å². The van der Waals surface area contributed by atoms with E-state index in [1.807, 2.05) is 13.8 Å². The molecule has 0 aromatic heterocycles. The number of rotatable bonds is 5. The average molecular weight is 238 g/mol. The third-order valence-corrected chi connectivity index (χ3v) is 2.20. The molecule has 0 aliphatic heterocycles. The fourth-order valence-corrected chi connectivity index (χ4v) is 1.37. The Morgan fingerprint density at radius 1 is 1.47 bits per heavy atom. The van der Waals surface area contributed by atoms with Crippen molar-refractivity contribution in [3.8, 4) is 5.75 Å². The zero-order valence-electron chi connectivity index (χ0n) is 10.1. The van der Waals surface area contributed by atoms with Crippen LogP contribution in [0.15, 0.2) is 18.2 Å². The Labute approximate surface area is 100 Å². The SMILES string of the molecule is C[C](CO)c1cc(OC(C)C)cc([N+](=O)[O-])c1. The summed E-state index contributed by atoms with van der Waals surface area (Å²) in [4.78, 5) is 10.3. The Kier molecular flexibility index (Phi) is 4.45. The van der Waals surface area contributed by atoms with Crippen molar-refractivity contribution in [2.24, 2.45) is 0 Å². The van der Waals surface area contributed by atoms with Gasteiger partial charge in [0.05, 0.1) is 23.7 Å². The molecule has 0 bridgehead atoms. The van der Waals surface area contributed by atoms with E-state index in [1.54, 1.807) is 13.0 Å². The number of hydrogen-bond donors (Lipinski definition) is 1. The molecule has 0 aliphatic rings. The highest BCUT2D eigenvalue weighted by Gasteiger charge is 2.15. The van der Waals surface area contributed by atoms with Crippen molar-refractivity contribution >= 4 is 5.69 Å². The molecule has 0 saturated carbocycles. The minimum Gasteiger partial charge on any atom is -0.491 e. The first-order valence-electron chi connectivity index (χ1n) is 5.34. The van der Waals surface area contributed by atoms with Gasteiger partial charge in [-0.25, -0.2) is 0 Å². The molecule has 0 saturated heterocycles. The summed E-state index contributed by atoms with van der Waals surface area (Å²) < 4.78 is 5.44. The number of nitro benzene ring substituents is 1. The van der Waals surface area contributed by atoms with Gasteiger partial charge < -0.3 is 9.84 Å². The van der Waals surface area contributed by atoms with Crippen LogP contribution in [0.5, 0.6) is 5.75 Å². The lowest BCUT2D eigenvalue weighted by Crippen LogP contribution is -2.07. The molecule has 5 heteroatoms. The lowest BCUT2D eigenvalue weighted by atomic mass is 10.0. The molecule has 1 aromatic rings. The van der Waals surface area contributed by atoms with Gasteiger partial charge in [0.2, 0.25) is 0 Å². The maximum absolute atomic E-state index is 10.8. The second-order valence-corrected chi connectivity index (χ2v) is 4.08.